The number of benzene rings is 2. The first-order valence-corrected chi connectivity index (χ1v) is 6.82. The number of carbonyl (C=O) groups is 1. The SMILES string of the molecule is Cc1ccc(Cl)cc1NC(=O)Nc1ccccc1Br. The van der Waals surface area contributed by atoms with Crippen LogP contribution in [0, 0.1) is 6.92 Å². The van der Waals surface area contributed by atoms with E-state index in [0.29, 0.717) is 16.4 Å². The van der Waals surface area contributed by atoms with Crippen molar-refractivity contribution >= 4 is 44.9 Å². The summed E-state index contributed by atoms with van der Waals surface area (Å²) in [6, 6.07) is 12.5. The number of hydrogen-bond acceptors (Lipinski definition) is 1. The van der Waals surface area contributed by atoms with Gasteiger partial charge in [-0.1, -0.05) is 29.8 Å². The Morgan fingerprint density at radius 1 is 1.11 bits per heavy atom. The van der Waals surface area contributed by atoms with Crippen LogP contribution in [0.15, 0.2) is 46.9 Å². The molecule has 0 aliphatic heterocycles. The molecule has 0 bridgehead atoms. The first kappa shape index (κ1) is 13.9. The van der Waals surface area contributed by atoms with Gasteiger partial charge in [-0.25, -0.2) is 4.79 Å². The average molecular weight is 340 g/mol. The van der Waals surface area contributed by atoms with Crippen molar-refractivity contribution in [1.29, 1.82) is 0 Å². The Morgan fingerprint density at radius 2 is 1.79 bits per heavy atom. The number of urea groups is 1. The molecule has 0 aromatic heterocycles. The van der Waals surface area contributed by atoms with Gasteiger partial charge in [0.1, 0.15) is 0 Å². The van der Waals surface area contributed by atoms with E-state index in [1.165, 1.54) is 0 Å². The van der Waals surface area contributed by atoms with Crippen LogP contribution in [0.25, 0.3) is 0 Å². The molecule has 0 radical (unpaired) electrons. The number of rotatable bonds is 2. The van der Waals surface area contributed by atoms with E-state index in [0.717, 1.165) is 10.0 Å². The van der Waals surface area contributed by atoms with Crippen molar-refractivity contribution in [3.63, 3.8) is 0 Å². The molecule has 5 heteroatoms. The number of carbonyl (C=O) groups excluding carboxylic acids is 1. The largest absolute Gasteiger partial charge is 0.323 e. The predicted octanol–water partition coefficient (Wildman–Crippen LogP) is 5.05. The van der Waals surface area contributed by atoms with E-state index in [1.54, 1.807) is 12.1 Å². The third-order valence-corrected chi connectivity index (χ3v) is 3.50. The summed E-state index contributed by atoms with van der Waals surface area (Å²) in [5, 5.41) is 6.12. The smallest absolute Gasteiger partial charge is 0.307 e. The number of para-hydroxylation sites is 1. The lowest BCUT2D eigenvalue weighted by Gasteiger charge is -2.11. The first-order valence-electron chi connectivity index (χ1n) is 5.65. The van der Waals surface area contributed by atoms with E-state index in [-0.39, 0.29) is 6.03 Å². The zero-order valence-corrected chi connectivity index (χ0v) is 12.5. The van der Waals surface area contributed by atoms with Crippen molar-refractivity contribution in [3.8, 4) is 0 Å². The van der Waals surface area contributed by atoms with Gasteiger partial charge in [0.2, 0.25) is 0 Å². The molecule has 2 rings (SSSR count). The summed E-state index contributed by atoms with van der Waals surface area (Å²) < 4.78 is 0.827. The van der Waals surface area contributed by atoms with E-state index < -0.39 is 0 Å². The summed E-state index contributed by atoms with van der Waals surface area (Å²) in [4.78, 5) is 11.9. The molecule has 3 nitrogen and oxygen atoms in total. The molecule has 0 saturated heterocycles. The number of anilines is 2. The predicted molar refractivity (Wildman–Crippen MR) is 83.0 cm³/mol. The third kappa shape index (κ3) is 3.72. The monoisotopic (exact) mass is 338 g/mol. The number of halogens is 2. The summed E-state index contributed by atoms with van der Waals surface area (Å²) in [5.41, 5.74) is 2.35. The minimum absolute atomic E-state index is 0.308. The Balaban J connectivity index is 2.10. The molecular weight excluding hydrogens is 328 g/mol. The summed E-state index contributed by atoms with van der Waals surface area (Å²) in [6.07, 6.45) is 0. The molecule has 0 saturated carbocycles. The molecule has 0 unspecified atom stereocenters. The van der Waals surface area contributed by atoms with E-state index in [9.17, 15) is 4.79 Å². The van der Waals surface area contributed by atoms with Crippen molar-refractivity contribution in [2.24, 2.45) is 0 Å². The van der Waals surface area contributed by atoms with Crippen molar-refractivity contribution < 1.29 is 4.79 Å². The minimum Gasteiger partial charge on any atom is -0.307 e. The van der Waals surface area contributed by atoms with Crippen LogP contribution >= 0.6 is 27.5 Å². The minimum atomic E-state index is -0.308. The molecule has 0 atom stereocenters. The van der Waals surface area contributed by atoms with E-state index in [2.05, 4.69) is 26.6 Å². The average Bonchev–Trinajstić information content (AvgIpc) is 2.37. The lowest BCUT2D eigenvalue weighted by atomic mass is 10.2. The van der Waals surface area contributed by atoms with Gasteiger partial charge in [-0.3, -0.25) is 0 Å². The van der Waals surface area contributed by atoms with Gasteiger partial charge in [0, 0.05) is 15.2 Å². The van der Waals surface area contributed by atoms with Crippen LogP contribution in [0.5, 0.6) is 0 Å². The maximum absolute atomic E-state index is 11.9. The highest BCUT2D eigenvalue weighted by Gasteiger charge is 2.07. The molecule has 19 heavy (non-hydrogen) atoms. The van der Waals surface area contributed by atoms with Gasteiger partial charge in [-0.15, -0.1) is 0 Å². The van der Waals surface area contributed by atoms with Crippen molar-refractivity contribution in [2.75, 3.05) is 10.6 Å². The molecule has 2 aromatic rings. The van der Waals surface area contributed by atoms with Gasteiger partial charge in [-0.2, -0.15) is 0 Å². The fourth-order valence-corrected chi connectivity index (χ4v) is 2.12. The van der Waals surface area contributed by atoms with Crippen LogP contribution < -0.4 is 10.6 Å². The topological polar surface area (TPSA) is 41.1 Å². The molecule has 0 aliphatic carbocycles. The van der Waals surface area contributed by atoms with Crippen molar-refractivity contribution in [3.05, 3.63) is 57.5 Å². The maximum atomic E-state index is 11.9. The van der Waals surface area contributed by atoms with Gasteiger partial charge in [0.25, 0.3) is 0 Å². The van der Waals surface area contributed by atoms with E-state index in [4.69, 9.17) is 11.6 Å². The normalized spacial score (nSPS) is 10.1. The molecule has 0 aliphatic rings. The van der Waals surface area contributed by atoms with Gasteiger partial charge < -0.3 is 10.6 Å². The van der Waals surface area contributed by atoms with Crippen LogP contribution in [-0.4, -0.2) is 6.03 Å². The summed E-state index contributed by atoms with van der Waals surface area (Å²) in [7, 11) is 0. The van der Waals surface area contributed by atoms with E-state index >= 15 is 0 Å². The molecule has 2 amide bonds. The third-order valence-electron chi connectivity index (χ3n) is 2.57. The van der Waals surface area contributed by atoms with Crippen LogP contribution in [-0.2, 0) is 0 Å². The highest BCUT2D eigenvalue weighted by Crippen LogP contribution is 2.23. The van der Waals surface area contributed by atoms with Gasteiger partial charge >= 0.3 is 6.03 Å². The highest BCUT2D eigenvalue weighted by atomic mass is 79.9. The molecular formula is C14H12BrClN2O. The fourth-order valence-electron chi connectivity index (χ4n) is 1.57. The standard InChI is InChI=1S/C14H12BrClN2O/c1-9-6-7-10(16)8-13(9)18-14(19)17-12-5-3-2-4-11(12)15/h2-8H,1H3,(H2,17,18,19). The van der Waals surface area contributed by atoms with E-state index in [1.807, 2.05) is 37.3 Å². The Kier molecular flexibility index (Phi) is 4.45. The zero-order valence-electron chi connectivity index (χ0n) is 10.2. The number of nitrogens with one attached hydrogen (secondary N) is 2. The second kappa shape index (κ2) is 6.08. The number of hydrogen-bond donors (Lipinski definition) is 2. The van der Waals surface area contributed by atoms with Crippen LogP contribution in [0.3, 0.4) is 0 Å². The van der Waals surface area contributed by atoms with Crippen LogP contribution in [0.1, 0.15) is 5.56 Å². The van der Waals surface area contributed by atoms with Crippen LogP contribution in [0.4, 0.5) is 16.2 Å². The summed E-state index contributed by atoms with van der Waals surface area (Å²) in [6.45, 7) is 1.91. The second-order valence-corrected chi connectivity index (χ2v) is 5.31. The lowest BCUT2D eigenvalue weighted by Crippen LogP contribution is -2.20. The number of aryl methyl sites for hydroxylation is 1. The fraction of sp³-hybridized carbons (Fsp3) is 0.0714. The van der Waals surface area contributed by atoms with Gasteiger partial charge in [0.15, 0.2) is 0 Å². The molecule has 0 spiro atoms. The Bertz CT molecular complexity index is 616. The summed E-state index contributed by atoms with van der Waals surface area (Å²) in [5.74, 6) is 0. The quantitative estimate of drug-likeness (QED) is 0.789. The van der Waals surface area contributed by atoms with Gasteiger partial charge in [0.05, 0.1) is 5.69 Å². The second-order valence-electron chi connectivity index (χ2n) is 4.02. The Morgan fingerprint density at radius 3 is 2.53 bits per heavy atom. The van der Waals surface area contributed by atoms with Crippen LogP contribution in [0.2, 0.25) is 5.02 Å². The number of amides is 2. The Hall–Kier alpha value is -1.52. The summed E-state index contributed by atoms with van der Waals surface area (Å²) >= 11 is 9.28. The maximum Gasteiger partial charge on any atom is 0.323 e. The highest BCUT2D eigenvalue weighted by molar-refractivity contribution is 9.10. The molecule has 98 valence electrons. The van der Waals surface area contributed by atoms with Crippen molar-refractivity contribution in [2.45, 2.75) is 6.92 Å². The molecule has 2 aromatic carbocycles. The Labute approximate surface area is 125 Å². The molecule has 0 fully saturated rings. The first-order chi connectivity index (χ1) is 9.06. The lowest BCUT2D eigenvalue weighted by molar-refractivity contribution is 0.262. The van der Waals surface area contributed by atoms with Crippen molar-refractivity contribution in [1.82, 2.24) is 0 Å². The molecule has 2 N–H and O–H groups in total. The zero-order chi connectivity index (χ0) is 13.8. The van der Waals surface area contributed by atoms with Gasteiger partial charge in [-0.05, 0) is 52.7 Å². The molecule has 0 heterocycles.